The fourth-order valence-electron chi connectivity index (χ4n) is 5.96. The quantitative estimate of drug-likeness (QED) is 0.238. The lowest BCUT2D eigenvalue weighted by Crippen LogP contribution is -2.53. The fraction of sp³-hybridized carbons (Fsp3) is 0.314. The zero-order chi connectivity index (χ0) is 28.0. The fourth-order valence-corrected chi connectivity index (χ4v) is 7.69. The van der Waals surface area contributed by atoms with Gasteiger partial charge in [0.25, 0.3) is 0 Å². The zero-order valence-electron chi connectivity index (χ0n) is 23.8. The van der Waals surface area contributed by atoms with E-state index in [0.717, 1.165) is 22.3 Å². The Kier molecular flexibility index (Phi) is 6.97. The first-order valence-electron chi connectivity index (χ1n) is 13.9. The van der Waals surface area contributed by atoms with Crippen LogP contribution in [0.3, 0.4) is 0 Å². The molecule has 2 aliphatic rings. The van der Waals surface area contributed by atoms with Gasteiger partial charge in [-0.3, -0.25) is 0 Å². The van der Waals surface area contributed by atoms with Gasteiger partial charge in [0.1, 0.15) is 12.2 Å². The van der Waals surface area contributed by atoms with Gasteiger partial charge >= 0.3 is 0 Å². The molecule has 2 saturated heterocycles. The minimum absolute atomic E-state index is 0.326. The second-order valence-electron chi connectivity index (χ2n) is 12.0. The summed E-state index contributed by atoms with van der Waals surface area (Å²) in [6.07, 6.45) is -1.08. The molecule has 2 aliphatic heterocycles. The molecule has 4 aromatic rings. The summed E-state index contributed by atoms with van der Waals surface area (Å²) in [5, 5.41) is -0.326. The first kappa shape index (κ1) is 27.3. The van der Waals surface area contributed by atoms with Crippen molar-refractivity contribution in [1.29, 1.82) is 0 Å². The second kappa shape index (κ2) is 10.2. The first-order valence-corrected chi connectivity index (χ1v) is 15.1. The molecule has 2 fully saturated rings. The van der Waals surface area contributed by atoms with Crippen LogP contribution in [0.2, 0.25) is 0 Å². The van der Waals surface area contributed by atoms with Crippen LogP contribution in [0.1, 0.15) is 56.9 Å². The van der Waals surface area contributed by atoms with Gasteiger partial charge in [-0.2, -0.15) is 0 Å². The van der Waals surface area contributed by atoms with Crippen LogP contribution in [0.5, 0.6) is 0 Å². The number of fused-ring (bicyclic) bond motifs is 1. The molecule has 0 aromatic heterocycles. The van der Waals surface area contributed by atoms with Crippen LogP contribution in [0.15, 0.2) is 121 Å². The van der Waals surface area contributed by atoms with Gasteiger partial charge in [0.05, 0.1) is 0 Å². The van der Waals surface area contributed by atoms with Gasteiger partial charge in [-0.25, -0.2) is 0 Å². The van der Waals surface area contributed by atoms with Gasteiger partial charge in [0.15, 0.2) is 25.4 Å². The molecule has 2 atom stereocenters. The highest BCUT2D eigenvalue weighted by Crippen LogP contribution is 2.68. The van der Waals surface area contributed by atoms with Crippen LogP contribution in [0, 0.1) is 0 Å². The predicted octanol–water partition coefficient (Wildman–Crippen LogP) is 8.55. The van der Waals surface area contributed by atoms with E-state index in [9.17, 15) is 0 Å². The molecule has 206 valence electrons. The van der Waals surface area contributed by atoms with Crippen molar-refractivity contribution >= 4 is 8.38 Å². The lowest BCUT2D eigenvalue weighted by atomic mass is 9.72. The highest BCUT2D eigenvalue weighted by Gasteiger charge is 2.67. The minimum Gasteiger partial charge on any atom is -0.341 e. The number of hydrogen-bond donors (Lipinski definition) is 0. The van der Waals surface area contributed by atoms with Gasteiger partial charge in [0, 0.05) is 5.16 Å². The van der Waals surface area contributed by atoms with Crippen LogP contribution < -0.4 is 0 Å². The van der Waals surface area contributed by atoms with Crippen LogP contribution in [-0.2, 0) is 29.7 Å². The number of hydrogen-bond acceptors (Lipinski definition) is 4. The summed E-state index contributed by atoms with van der Waals surface area (Å²) in [4.78, 5) is 0. The molecular weight excluding hydrogens is 515 g/mol. The maximum atomic E-state index is 7.48. The van der Waals surface area contributed by atoms with Crippen molar-refractivity contribution in [3.63, 3.8) is 0 Å². The van der Waals surface area contributed by atoms with Gasteiger partial charge in [0.2, 0.25) is 0 Å². The van der Waals surface area contributed by atoms with Crippen molar-refractivity contribution in [2.24, 2.45) is 0 Å². The molecule has 0 bridgehead atoms. The Bertz CT molecular complexity index is 1240. The smallest absolute Gasteiger partial charge is 0.178 e. The molecule has 4 nitrogen and oxygen atoms in total. The van der Waals surface area contributed by atoms with Crippen LogP contribution in [0.25, 0.3) is 0 Å². The molecule has 2 heterocycles. The molecule has 0 N–H and O–H groups in total. The van der Waals surface area contributed by atoms with Crippen molar-refractivity contribution in [1.82, 2.24) is 0 Å². The van der Waals surface area contributed by atoms with Crippen molar-refractivity contribution in [3.8, 4) is 0 Å². The molecule has 0 spiro atoms. The van der Waals surface area contributed by atoms with Crippen molar-refractivity contribution in [3.05, 3.63) is 144 Å². The van der Waals surface area contributed by atoms with E-state index in [2.05, 4.69) is 118 Å². The summed E-state index contributed by atoms with van der Waals surface area (Å²) >= 11 is 0. The summed E-state index contributed by atoms with van der Waals surface area (Å²) < 4.78 is 29.0. The SMILES string of the molecule is CC1(C)O[C@H]2[C@H](O1)C(c1ccccc1)(c1ccccc1)OP(C(C)(C)C)OC2(c1ccccc1)c1ccccc1. The van der Waals surface area contributed by atoms with Gasteiger partial charge in [-0.05, 0) is 36.1 Å². The first-order chi connectivity index (χ1) is 19.2. The van der Waals surface area contributed by atoms with Crippen LogP contribution >= 0.6 is 8.38 Å². The Balaban J connectivity index is 1.73. The normalized spacial score (nSPS) is 23.7. The van der Waals surface area contributed by atoms with E-state index in [0.29, 0.717) is 0 Å². The molecule has 0 unspecified atom stereocenters. The minimum atomic E-state index is -1.53. The molecule has 5 heteroatoms. The summed E-state index contributed by atoms with van der Waals surface area (Å²) in [6.45, 7) is 10.5. The molecule has 0 saturated carbocycles. The molecule has 6 rings (SSSR count). The Morgan fingerprint density at radius 2 is 0.775 bits per heavy atom. The topological polar surface area (TPSA) is 36.9 Å². The lowest BCUT2D eigenvalue weighted by Gasteiger charge is -2.42. The van der Waals surface area contributed by atoms with Crippen molar-refractivity contribution in [2.45, 2.75) is 69.0 Å². The highest BCUT2D eigenvalue weighted by molar-refractivity contribution is 7.49. The van der Waals surface area contributed by atoms with Crippen molar-refractivity contribution < 1.29 is 18.5 Å². The second-order valence-corrected chi connectivity index (χ2v) is 14.2. The Morgan fingerprint density at radius 3 is 1.02 bits per heavy atom. The van der Waals surface area contributed by atoms with Crippen LogP contribution in [0.4, 0.5) is 0 Å². The molecule has 0 amide bonds. The monoisotopic (exact) mass is 552 g/mol. The van der Waals surface area contributed by atoms with E-state index in [4.69, 9.17) is 18.5 Å². The third-order valence-electron chi connectivity index (χ3n) is 7.71. The van der Waals surface area contributed by atoms with Gasteiger partial charge in [-0.15, -0.1) is 0 Å². The summed E-state index contributed by atoms with van der Waals surface area (Å²) in [5.74, 6) is -0.881. The predicted molar refractivity (Wildman–Crippen MR) is 160 cm³/mol. The van der Waals surface area contributed by atoms with E-state index in [-0.39, 0.29) is 5.16 Å². The average molecular weight is 553 g/mol. The maximum Gasteiger partial charge on any atom is 0.178 e. The molecule has 0 aliphatic carbocycles. The third kappa shape index (κ3) is 4.53. The Hall–Kier alpha value is -2.85. The zero-order valence-corrected chi connectivity index (χ0v) is 24.7. The van der Waals surface area contributed by atoms with E-state index in [1.165, 1.54) is 0 Å². The van der Waals surface area contributed by atoms with Gasteiger partial charge < -0.3 is 18.5 Å². The molecule has 4 aromatic carbocycles. The largest absolute Gasteiger partial charge is 0.341 e. The van der Waals surface area contributed by atoms with Crippen LogP contribution in [-0.4, -0.2) is 23.2 Å². The van der Waals surface area contributed by atoms with E-state index < -0.39 is 37.6 Å². The standard InChI is InChI=1S/C35H37O4P/c1-32(2,3)40-38-34(26-18-10-6-11-19-26,27-20-12-7-13-21-27)30-31(37-33(4,5)36-30)35(39-40,28-22-14-8-15-23-28)29-24-16-9-17-25-29/h6-25,30-31H,1-5H3/t30-,31-/m0/s1. The number of benzene rings is 4. The lowest BCUT2D eigenvalue weighted by molar-refractivity contribution is -0.174. The number of rotatable bonds is 4. The Labute approximate surface area is 239 Å². The van der Waals surface area contributed by atoms with E-state index in [1.54, 1.807) is 0 Å². The van der Waals surface area contributed by atoms with E-state index in [1.807, 2.05) is 38.1 Å². The molecule has 0 radical (unpaired) electrons. The Morgan fingerprint density at radius 1 is 0.500 bits per heavy atom. The molecule has 40 heavy (non-hydrogen) atoms. The van der Waals surface area contributed by atoms with Gasteiger partial charge in [-0.1, -0.05) is 142 Å². The maximum absolute atomic E-state index is 7.48. The summed E-state index contributed by atoms with van der Waals surface area (Å²) in [7, 11) is -1.53. The van der Waals surface area contributed by atoms with Crippen molar-refractivity contribution in [2.75, 3.05) is 0 Å². The number of ether oxygens (including phenoxy) is 2. The highest BCUT2D eigenvalue weighted by atomic mass is 31.2. The van der Waals surface area contributed by atoms with E-state index >= 15 is 0 Å². The third-order valence-corrected chi connectivity index (χ3v) is 9.71. The molecular formula is C35H37O4P. The summed E-state index contributed by atoms with van der Waals surface area (Å²) in [6, 6.07) is 41.7. The average Bonchev–Trinajstić information content (AvgIpc) is 3.24. The summed E-state index contributed by atoms with van der Waals surface area (Å²) in [5.41, 5.74) is 2.05.